The van der Waals surface area contributed by atoms with Gasteiger partial charge >= 0.3 is 0 Å². The molecule has 3 aromatic rings. The number of ether oxygens (including phenoxy) is 2. The van der Waals surface area contributed by atoms with E-state index in [0.717, 1.165) is 5.56 Å². The lowest BCUT2D eigenvalue weighted by Gasteiger charge is -2.10. The van der Waals surface area contributed by atoms with E-state index in [1.807, 2.05) is 6.07 Å². The average Bonchev–Trinajstić information content (AvgIpc) is 3.04. The number of carbonyl (C=O) groups excluding carboxylic acids is 1. The molecule has 0 spiro atoms. The van der Waals surface area contributed by atoms with Crippen molar-refractivity contribution in [3.63, 3.8) is 0 Å². The summed E-state index contributed by atoms with van der Waals surface area (Å²) in [5, 5.41) is 11.5. The van der Waals surface area contributed by atoms with Crippen molar-refractivity contribution < 1.29 is 32.2 Å². The predicted molar refractivity (Wildman–Crippen MR) is 104 cm³/mol. The third-order valence-electron chi connectivity index (χ3n) is 4.56. The molecule has 0 aliphatic rings. The summed E-state index contributed by atoms with van der Waals surface area (Å²) in [6.45, 7) is 1.71. The molecular weight excluding hydrogens is 398 g/mol. The minimum atomic E-state index is -3.79. The Labute approximate surface area is 168 Å². The molecule has 0 saturated carbocycles. The van der Waals surface area contributed by atoms with E-state index in [0.29, 0.717) is 28.9 Å². The van der Waals surface area contributed by atoms with Crippen LogP contribution in [-0.2, 0) is 16.4 Å². The van der Waals surface area contributed by atoms with Gasteiger partial charge in [0.25, 0.3) is 0 Å². The van der Waals surface area contributed by atoms with Crippen LogP contribution < -0.4 is 19.3 Å². The number of rotatable bonds is 8. The molecule has 8 nitrogen and oxygen atoms in total. The molecule has 0 unspecified atom stereocenters. The highest BCUT2D eigenvalue weighted by atomic mass is 32.2. The molecule has 154 valence electrons. The van der Waals surface area contributed by atoms with Crippen molar-refractivity contribution in [2.75, 3.05) is 20.8 Å². The molecule has 0 aliphatic heterocycles. The molecule has 1 aromatic heterocycles. The van der Waals surface area contributed by atoms with Crippen LogP contribution in [0.15, 0.2) is 45.7 Å². The van der Waals surface area contributed by atoms with E-state index in [-0.39, 0.29) is 22.8 Å². The van der Waals surface area contributed by atoms with Crippen molar-refractivity contribution >= 4 is 27.0 Å². The van der Waals surface area contributed by atoms with Crippen LogP contribution in [0.1, 0.15) is 21.7 Å². The molecule has 2 aromatic carbocycles. The Bertz CT molecular complexity index is 1170. The molecule has 0 aliphatic carbocycles. The zero-order chi connectivity index (χ0) is 21.2. The van der Waals surface area contributed by atoms with E-state index >= 15 is 0 Å². The lowest BCUT2D eigenvalue weighted by molar-refractivity contribution is -0.257. The van der Waals surface area contributed by atoms with Gasteiger partial charge in [-0.3, -0.25) is 0 Å². The van der Waals surface area contributed by atoms with Gasteiger partial charge in [-0.05, 0) is 49.2 Å². The predicted octanol–water partition coefficient (Wildman–Crippen LogP) is 1.64. The number of benzene rings is 2. The molecule has 0 atom stereocenters. The molecule has 0 radical (unpaired) electrons. The third kappa shape index (κ3) is 4.20. The van der Waals surface area contributed by atoms with Crippen LogP contribution in [0.2, 0.25) is 0 Å². The van der Waals surface area contributed by atoms with Crippen molar-refractivity contribution in [2.45, 2.75) is 18.2 Å². The number of nitrogens with one attached hydrogen (secondary N) is 1. The Morgan fingerprint density at radius 1 is 1.10 bits per heavy atom. The molecule has 3 rings (SSSR count). The Morgan fingerprint density at radius 2 is 1.83 bits per heavy atom. The van der Waals surface area contributed by atoms with Crippen LogP contribution >= 0.6 is 0 Å². The molecule has 1 heterocycles. The van der Waals surface area contributed by atoms with Gasteiger partial charge in [0.05, 0.1) is 19.1 Å². The van der Waals surface area contributed by atoms with Gasteiger partial charge in [0.2, 0.25) is 10.0 Å². The van der Waals surface area contributed by atoms with Crippen molar-refractivity contribution in [2.24, 2.45) is 0 Å². The number of hydrogen-bond donors (Lipinski definition) is 1. The number of carboxylic acids is 1. The Kier molecular flexibility index (Phi) is 5.81. The number of aromatic carboxylic acids is 1. The topological polar surface area (TPSA) is 118 Å². The molecule has 0 fully saturated rings. The van der Waals surface area contributed by atoms with Crippen molar-refractivity contribution in [3.8, 4) is 11.5 Å². The van der Waals surface area contributed by atoms with Crippen molar-refractivity contribution in [1.29, 1.82) is 0 Å². The fourth-order valence-electron chi connectivity index (χ4n) is 3.01. The van der Waals surface area contributed by atoms with Gasteiger partial charge in [0.15, 0.2) is 17.3 Å². The lowest BCUT2D eigenvalue weighted by Crippen LogP contribution is -2.26. The summed E-state index contributed by atoms with van der Waals surface area (Å²) in [7, 11) is -0.715. The maximum atomic E-state index is 12.6. The fraction of sp³-hybridized carbons (Fsp3) is 0.250. The number of carboxylic acid groups (broad SMARTS) is 1. The molecule has 9 heteroatoms. The van der Waals surface area contributed by atoms with Gasteiger partial charge in [-0.2, -0.15) is 0 Å². The molecular formula is C20H20NO7S-. The second-order valence-corrected chi connectivity index (χ2v) is 8.11. The quantitative estimate of drug-likeness (QED) is 0.591. The Balaban J connectivity index is 1.76. The van der Waals surface area contributed by atoms with E-state index < -0.39 is 16.0 Å². The monoisotopic (exact) mass is 418 g/mol. The summed E-state index contributed by atoms with van der Waals surface area (Å²) in [6, 6.07) is 9.56. The SMILES string of the molecule is COc1ccc(CCNS(=O)(=O)c2ccc3oc(C(=O)[O-])c(C)c3c2)cc1OC. The zero-order valence-electron chi connectivity index (χ0n) is 16.1. The molecule has 1 N–H and O–H groups in total. The Hall–Kier alpha value is -3.04. The fourth-order valence-corrected chi connectivity index (χ4v) is 4.07. The zero-order valence-corrected chi connectivity index (χ0v) is 17.0. The van der Waals surface area contributed by atoms with E-state index in [2.05, 4.69) is 4.72 Å². The van der Waals surface area contributed by atoms with Crippen LogP contribution in [-0.4, -0.2) is 35.2 Å². The maximum absolute atomic E-state index is 12.6. The van der Waals surface area contributed by atoms with Crippen LogP contribution in [0.5, 0.6) is 11.5 Å². The van der Waals surface area contributed by atoms with Gasteiger partial charge in [-0.15, -0.1) is 0 Å². The van der Waals surface area contributed by atoms with E-state index in [1.165, 1.54) is 32.2 Å². The van der Waals surface area contributed by atoms with Crippen LogP contribution in [0.3, 0.4) is 0 Å². The van der Waals surface area contributed by atoms with Gasteiger partial charge in [-0.25, -0.2) is 13.1 Å². The summed E-state index contributed by atoms with van der Waals surface area (Å²) >= 11 is 0. The summed E-state index contributed by atoms with van der Waals surface area (Å²) < 4.78 is 43.4. The number of furan rings is 1. The molecule has 0 bridgehead atoms. The van der Waals surface area contributed by atoms with Crippen LogP contribution in [0.4, 0.5) is 0 Å². The number of carbonyl (C=O) groups is 1. The van der Waals surface area contributed by atoms with E-state index in [4.69, 9.17) is 13.9 Å². The second-order valence-electron chi connectivity index (χ2n) is 6.34. The first-order chi connectivity index (χ1) is 13.8. The number of fused-ring (bicyclic) bond motifs is 1. The molecule has 29 heavy (non-hydrogen) atoms. The minimum absolute atomic E-state index is 0.0195. The number of aryl methyl sites for hydroxylation is 1. The standard InChI is InChI=1S/C20H21NO7S/c1-12-15-11-14(5-7-16(15)28-19(12)20(22)23)29(24,25)21-9-8-13-4-6-17(26-2)18(10-13)27-3/h4-7,10-11,21H,8-9H2,1-3H3,(H,22,23)/p-1. The lowest BCUT2D eigenvalue weighted by atomic mass is 10.1. The van der Waals surface area contributed by atoms with Crippen LogP contribution in [0, 0.1) is 6.92 Å². The van der Waals surface area contributed by atoms with E-state index in [1.54, 1.807) is 19.2 Å². The summed E-state index contributed by atoms with van der Waals surface area (Å²) in [5.41, 5.74) is 1.48. The normalized spacial score (nSPS) is 11.6. The summed E-state index contributed by atoms with van der Waals surface area (Å²) in [5.74, 6) is -0.596. The van der Waals surface area contributed by atoms with Crippen molar-refractivity contribution in [3.05, 3.63) is 53.3 Å². The summed E-state index contributed by atoms with van der Waals surface area (Å²) in [6.07, 6.45) is 0.446. The minimum Gasteiger partial charge on any atom is -0.542 e. The Morgan fingerprint density at radius 3 is 2.48 bits per heavy atom. The molecule has 0 amide bonds. The molecule has 0 saturated heterocycles. The largest absolute Gasteiger partial charge is 0.542 e. The number of hydrogen-bond acceptors (Lipinski definition) is 7. The van der Waals surface area contributed by atoms with Gasteiger partial charge in [-0.1, -0.05) is 6.07 Å². The van der Waals surface area contributed by atoms with Gasteiger partial charge in [0.1, 0.15) is 11.6 Å². The first-order valence-corrected chi connectivity index (χ1v) is 10.2. The highest BCUT2D eigenvalue weighted by Crippen LogP contribution is 2.28. The highest BCUT2D eigenvalue weighted by Gasteiger charge is 2.18. The van der Waals surface area contributed by atoms with Gasteiger partial charge < -0.3 is 23.8 Å². The third-order valence-corrected chi connectivity index (χ3v) is 6.02. The number of methoxy groups -OCH3 is 2. The smallest absolute Gasteiger partial charge is 0.240 e. The first kappa shape index (κ1) is 20.7. The van der Waals surface area contributed by atoms with E-state index in [9.17, 15) is 18.3 Å². The highest BCUT2D eigenvalue weighted by molar-refractivity contribution is 7.89. The first-order valence-electron chi connectivity index (χ1n) is 8.72. The average molecular weight is 418 g/mol. The number of sulfonamides is 1. The maximum Gasteiger partial charge on any atom is 0.240 e. The summed E-state index contributed by atoms with van der Waals surface area (Å²) in [4.78, 5) is 11.1. The van der Waals surface area contributed by atoms with Crippen molar-refractivity contribution in [1.82, 2.24) is 4.72 Å². The van der Waals surface area contributed by atoms with Gasteiger partial charge in [0, 0.05) is 17.5 Å². The second kappa shape index (κ2) is 8.14. The van der Waals surface area contributed by atoms with Crippen LogP contribution in [0.25, 0.3) is 11.0 Å².